The molecule has 96 valence electrons. The highest BCUT2D eigenvalue weighted by molar-refractivity contribution is 5.81. The third kappa shape index (κ3) is 1.47. The van der Waals surface area contributed by atoms with Gasteiger partial charge in [0.1, 0.15) is 24.1 Å². The van der Waals surface area contributed by atoms with Crippen LogP contribution in [0.3, 0.4) is 0 Å². The summed E-state index contributed by atoms with van der Waals surface area (Å²) in [6.45, 7) is 1.69. The lowest BCUT2D eigenvalue weighted by Gasteiger charge is -2.16. The molecule has 3 rings (SSSR count). The Morgan fingerprint density at radius 3 is 2.72 bits per heavy atom. The fraction of sp³-hybridized carbons (Fsp3) is 0.500. The zero-order valence-electron chi connectivity index (χ0n) is 9.63. The Morgan fingerprint density at radius 2 is 2.06 bits per heavy atom. The van der Waals surface area contributed by atoms with E-state index in [9.17, 15) is 10.2 Å². The summed E-state index contributed by atoms with van der Waals surface area (Å²) >= 11 is 0. The van der Waals surface area contributed by atoms with Crippen molar-refractivity contribution in [2.75, 3.05) is 5.73 Å². The van der Waals surface area contributed by atoms with Crippen molar-refractivity contribution in [3.8, 4) is 0 Å². The SMILES string of the molecule is C[C@H]1O[C@@H](n2cnc3c(N)ncnc32)[C@H](O)[C@H]1O. The van der Waals surface area contributed by atoms with Gasteiger partial charge in [0.05, 0.1) is 12.4 Å². The number of rotatable bonds is 1. The summed E-state index contributed by atoms with van der Waals surface area (Å²) in [4.78, 5) is 12.0. The predicted octanol–water partition coefficient (Wildman–Crippen LogP) is -0.952. The first-order valence-corrected chi connectivity index (χ1v) is 5.54. The van der Waals surface area contributed by atoms with E-state index in [0.29, 0.717) is 11.2 Å². The van der Waals surface area contributed by atoms with Crippen molar-refractivity contribution in [1.82, 2.24) is 19.5 Å². The third-order valence-corrected chi connectivity index (χ3v) is 3.14. The fourth-order valence-electron chi connectivity index (χ4n) is 2.11. The van der Waals surface area contributed by atoms with Gasteiger partial charge in [0.2, 0.25) is 0 Å². The van der Waals surface area contributed by atoms with Crippen LogP contribution in [0.5, 0.6) is 0 Å². The van der Waals surface area contributed by atoms with Crippen LogP contribution < -0.4 is 5.73 Å². The lowest BCUT2D eigenvalue weighted by atomic mass is 10.1. The number of aromatic nitrogens is 4. The van der Waals surface area contributed by atoms with Crippen molar-refractivity contribution in [2.24, 2.45) is 0 Å². The van der Waals surface area contributed by atoms with E-state index in [0.717, 1.165) is 0 Å². The molecule has 0 saturated carbocycles. The minimum atomic E-state index is -1.03. The monoisotopic (exact) mass is 251 g/mol. The summed E-state index contributed by atoms with van der Waals surface area (Å²) in [6, 6.07) is 0. The molecular formula is C10H13N5O3. The van der Waals surface area contributed by atoms with Gasteiger partial charge in [-0.3, -0.25) is 4.57 Å². The minimum absolute atomic E-state index is 0.264. The van der Waals surface area contributed by atoms with Crippen LogP contribution in [0.25, 0.3) is 11.2 Å². The van der Waals surface area contributed by atoms with Crippen LogP contribution in [0.15, 0.2) is 12.7 Å². The minimum Gasteiger partial charge on any atom is -0.388 e. The molecule has 0 unspecified atom stereocenters. The molecule has 2 aromatic heterocycles. The Hall–Kier alpha value is -1.77. The molecule has 1 aliphatic rings. The van der Waals surface area contributed by atoms with Crippen LogP contribution in [-0.2, 0) is 4.74 Å². The van der Waals surface area contributed by atoms with Crippen molar-refractivity contribution < 1.29 is 14.9 Å². The average Bonchev–Trinajstić information content (AvgIpc) is 2.88. The molecule has 4 N–H and O–H groups in total. The number of fused-ring (bicyclic) bond motifs is 1. The number of aliphatic hydroxyl groups excluding tert-OH is 2. The Morgan fingerprint density at radius 1 is 1.28 bits per heavy atom. The predicted molar refractivity (Wildman–Crippen MR) is 61.3 cm³/mol. The number of aliphatic hydroxyl groups is 2. The van der Waals surface area contributed by atoms with Crippen molar-refractivity contribution in [3.63, 3.8) is 0 Å². The highest BCUT2D eigenvalue weighted by atomic mass is 16.6. The normalized spacial score (nSPS) is 32.2. The maximum Gasteiger partial charge on any atom is 0.167 e. The molecule has 1 saturated heterocycles. The van der Waals surface area contributed by atoms with E-state index in [1.54, 1.807) is 11.5 Å². The molecule has 1 fully saturated rings. The standard InChI is InChI=1S/C10H13N5O3/c1-4-6(16)7(17)10(18-4)15-3-14-5-8(11)12-2-13-9(5)15/h2-4,6-7,10,16-17H,1H3,(H2,11,12,13)/t4-,6+,7-,10-/m1/s1. The Bertz CT molecular complexity index is 586. The van der Waals surface area contributed by atoms with Crippen LogP contribution in [0.1, 0.15) is 13.2 Å². The molecule has 8 nitrogen and oxygen atoms in total. The highest BCUT2D eigenvalue weighted by Gasteiger charge is 2.41. The lowest BCUT2D eigenvalue weighted by molar-refractivity contribution is -0.0299. The maximum atomic E-state index is 9.93. The molecule has 2 aromatic rings. The first-order valence-electron chi connectivity index (χ1n) is 5.54. The number of nitrogens with zero attached hydrogens (tertiary/aromatic N) is 4. The van der Waals surface area contributed by atoms with E-state index in [4.69, 9.17) is 10.5 Å². The van der Waals surface area contributed by atoms with Gasteiger partial charge in [0, 0.05) is 0 Å². The molecule has 0 aliphatic carbocycles. The Labute approximate surface area is 102 Å². The van der Waals surface area contributed by atoms with Gasteiger partial charge in [-0.15, -0.1) is 0 Å². The molecule has 0 radical (unpaired) electrons. The smallest absolute Gasteiger partial charge is 0.167 e. The molecular weight excluding hydrogens is 238 g/mol. The van der Waals surface area contributed by atoms with Gasteiger partial charge in [-0.1, -0.05) is 0 Å². The number of hydrogen-bond acceptors (Lipinski definition) is 7. The third-order valence-electron chi connectivity index (χ3n) is 3.14. The van der Waals surface area contributed by atoms with Gasteiger partial charge < -0.3 is 20.7 Å². The molecule has 0 aromatic carbocycles. The summed E-state index contributed by atoms with van der Waals surface area (Å²) in [5.41, 5.74) is 6.59. The number of hydrogen-bond donors (Lipinski definition) is 3. The number of nitrogen functional groups attached to an aromatic ring is 1. The van der Waals surface area contributed by atoms with E-state index in [1.807, 2.05) is 0 Å². The second-order valence-corrected chi connectivity index (χ2v) is 4.30. The molecule has 3 heterocycles. The molecule has 0 bridgehead atoms. The van der Waals surface area contributed by atoms with Crippen LogP contribution >= 0.6 is 0 Å². The molecule has 0 spiro atoms. The first-order chi connectivity index (χ1) is 8.59. The summed E-state index contributed by atoms with van der Waals surface area (Å²) in [7, 11) is 0. The first kappa shape index (κ1) is 11.3. The number of imidazole rings is 1. The van der Waals surface area contributed by atoms with E-state index < -0.39 is 24.5 Å². The maximum absolute atomic E-state index is 9.93. The quantitative estimate of drug-likeness (QED) is 0.597. The van der Waals surface area contributed by atoms with Crippen LogP contribution in [0.2, 0.25) is 0 Å². The summed E-state index contributed by atoms with van der Waals surface area (Å²) in [5.74, 6) is 0.264. The van der Waals surface area contributed by atoms with Gasteiger partial charge in [0.15, 0.2) is 17.7 Å². The highest BCUT2D eigenvalue weighted by Crippen LogP contribution is 2.31. The Balaban J connectivity index is 2.08. The van der Waals surface area contributed by atoms with Crippen molar-refractivity contribution in [3.05, 3.63) is 12.7 Å². The number of nitrogens with two attached hydrogens (primary N) is 1. The molecule has 4 atom stereocenters. The lowest BCUT2D eigenvalue weighted by Crippen LogP contribution is -2.30. The largest absolute Gasteiger partial charge is 0.388 e. The van der Waals surface area contributed by atoms with Crippen LogP contribution in [0.4, 0.5) is 5.82 Å². The summed E-state index contributed by atoms with van der Waals surface area (Å²) < 4.78 is 7.05. The van der Waals surface area contributed by atoms with Gasteiger partial charge >= 0.3 is 0 Å². The van der Waals surface area contributed by atoms with Gasteiger partial charge in [-0.25, -0.2) is 15.0 Å². The molecule has 8 heteroatoms. The molecule has 1 aliphatic heterocycles. The van der Waals surface area contributed by atoms with Gasteiger partial charge in [-0.2, -0.15) is 0 Å². The fourth-order valence-corrected chi connectivity index (χ4v) is 2.11. The van der Waals surface area contributed by atoms with Crippen molar-refractivity contribution in [1.29, 1.82) is 0 Å². The molecule has 18 heavy (non-hydrogen) atoms. The van der Waals surface area contributed by atoms with Crippen molar-refractivity contribution in [2.45, 2.75) is 31.5 Å². The zero-order chi connectivity index (χ0) is 12.9. The number of ether oxygens (including phenoxy) is 1. The van der Waals surface area contributed by atoms with Crippen LogP contribution in [0, 0.1) is 0 Å². The van der Waals surface area contributed by atoms with E-state index in [2.05, 4.69) is 15.0 Å². The number of anilines is 1. The van der Waals surface area contributed by atoms with Gasteiger partial charge in [0.25, 0.3) is 0 Å². The van der Waals surface area contributed by atoms with Crippen molar-refractivity contribution >= 4 is 17.0 Å². The second-order valence-electron chi connectivity index (χ2n) is 4.30. The van der Waals surface area contributed by atoms with Gasteiger partial charge in [-0.05, 0) is 6.92 Å². The summed E-state index contributed by atoms with van der Waals surface area (Å²) in [6.07, 6.45) is -0.373. The van der Waals surface area contributed by atoms with E-state index in [1.165, 1.54) is 12.7 Å². The molecule has 0 amide bonds. The Kier molecular flexibility index (Phi) is 2.44. The van der Waals surface area contributed by atoms with Crippen LogP contribution in [-0.4, -0.2) is 48.0 Å². The van der Waals surface area contributed by atoms with E-state index >= 15 is 0 Å². The second kappa shape index (κ2) is 3.87. The average molecular weight is 251 g/mol. The zero-order valence-corrected chi connectivity index (χ0v) is 9.63. The summed E-state index contributed by atoms with van der Waals surface area (Å²) in [5, 5.41) is 19.6. The van der Waals surface area contributed by atoms with E-state index in [-0.39, 0.29) is 5.82 Å². The topological polar surface area (TPSA) is 119 Å².